The molecule has 2 unspecified atom stereocenters. The second kappa shape index (κ2) is 7.48. The second-order valence-corrected chi connectivity index (χ2v) is 5.10. The number of rotatable bonds is 6. The molecule has 1 saturated heterocycles. The highest BCUT2D eigenvalue weighted by atomic mass is 16.5. The lowest BCUT2D eigenvalue weighted by Crippen LogP contribution is -2.42. The smallest absolute Gasteiger partial charge is 0.119 e. The molecule has 2 atom stereocenters. The fourth-order valence-corrected chi connectivity index (χ4v) is 2.09. The molecule has 1 aliphatic rings. The molecule has 0 aliphatic carbocycles. The largest absolute Gasteiger partial charge is 0.491 e. The lowest BCUT2D eigenvalue weighted by molar-refractivity contribution is 0.0572. The van der Waals surface area contributed by atoms with E-state index in [9.17, 15) is 5.11 Å². The van der Waals surface area contributed by atoms with E-state index in [0.29, 0.717) is 19.2 Å². The van der Waals surface area contributed by atoms with Gasteiger partial charge in [-0.15, -0.1) is 0 Å². The molecule has 2 N–H and O–H groups in total. The van der Waals surface area contributed by atoms with E-state index in [0.717, 1.165) is 31.8 Å². The summed E-state index contributed by atoms with van der Waals surface area (Å²) in [6.07, 6.45) is 1.71. The highest BCUT2D eigenvalue weighted by Crippen LogP contribution is 2.11. The minimum atomic E-state index is -0.497. The van der Waals surface area contributed by atoms with E-state index in [2.05, 4.69) is 5.32 Å². The Hall–Kier alpha value is -1.10. The fraction of sp³-hybridized carbons (Fsp3) is 0.600. The highest BCUT2D eigenvalue weighted by Gasteiger charge is 2.14. The van der Waals surface area contributed by atoms with Crippen molar-refractivity contribution in [2.45, 2.75) is 31.9 Å². The zero-order valence-electron chi connectivity index (χ0n) is 11.5. The van der Waals surface area contributed by atoms with Gasteiger partial charge in [0.15, 0.2) is 0 Å². The van der Waals surface area contributed by atoms with Crippen LogP contribution in [0.5, 0.6) is 5.75 Å². The van der Waals surface area contributed by atoms with Crippen molar-refractivity contribution in [1.82, 2.24) is 5.32 Å². The van der Waals surface area contributed by atoms with Crippen molar-refractivity contribution in [3.63, 3.8) is 0 Å². The van der Waals surface area contributed by atoms with Gasteiger partial charge >= 0.3 is 0 Å². The van der Waals surface area contributed by atoms with E-state index in [1.807, 2.05) is 31.2 Å². The summed E-state index contributed by atoms with van der Waals surface area (Å²) in [7, 11) is 0. The van der Waals surface area contributed by atoms with Gasteiger partial charge in [0.2, 0.25) is 0 Å². The monoisotopic (exact) mass is 265 g/mol. The lowest BCUT2D eigenvalue weighted by Gasteiger charge is -2.24. The fourth-order valence-electron chi connectivity index (χ4n) is 2.09. The van der Waals surface area contributed by atoms with Crippen molar-refractivity contribution >= 4 is 0 Å². The van der Waals surface area contributed by atoms with Crippen molar-refractivity contribution in [2.75, 3.05) is 26.4 Å². The normalized spacial score (nSPS) is 21.1. The van der Waals surface area contributed by atoms with Gasteiger partial charge in [0.25, 0.3) is 0 Å². The molecule has 1 aliphatic heterocycles. The van der Waals surface area contributed by atoms with E-state index in [-0.39, 0.29) is 0 Å². The number of nitrogens with one attached hydrogen (secondary N) is 1. The van der Waals surface area contributed by atoms with E-state index < -0.39 is 6.10 Å². The molecule has 0 amide bonds. The number of aliphatic hydroxyl groups excluding tert-OH is 1. The van der Waals surface area contributed by atoms with Crippen molar-refractivity contribution in [2.24, 2.45) is 0 Å². The molecule has 0 aromatic heterocycles. The molecule has 1 aromatic rings. The van der Waals surface area contributed by atoms with Gasteiger partial charge in [0, 0.05) is 19.2 Å². The number of hydrogen-bond donors (Lipinski definition) is 2. The van der Waals surface area contributed by atoms with Crippen LogP contribution in [0.2, 0.25) is 0 Å². The maximum atomic E-state index is 9.87. The summed E-state index contributed by atoms with van der Waals surface area (Å²) in [5, 5.41) is 13.2. The van der Waals surface area contributed by atoms with Crippen LogP contribution in [0.3, 0.4) is 0 Å². The van der Waals surface area contributed by atoms with Gasteiger partial charge in [-0.3, -0.25) is 0 Å². The van der Waals surface area contributed by atoms with Gasteiger partial charge < -0.3 is 19.9 Å². The van der Waals surface area contributed by atoms with Crippen LogP contribution < -0.4 is 10.1 Å². The number of ether oxygens (including phenoxy) is 2. The molecular formula is C15H23NO3. The third-order valence-electron chi connectivity index (χ3n) is 3.27. The average Bonchev–Trinajstić information content (AvgIpc) is 2.45. The molecular weight excluding hydrogens is 242 g/mol. The van der Waals surface area contributed by atoms with Gasteiger partial charge in [-0.2, -0.15) is 0 Å². The number of aryl methyl sites for hydroxylation is 1. The summed E-state index contributed by atoms with van der Waals surface area (Å²) in [5.74, 6) is 0.797. The SMILES string of the molecule is Cc1ccc(OCC(O)CNC2CCCOC2)cc1. The third kappa shape index (κ3) is 5.19. The summed E-state index contributed by atoms with van der Waals surface area (Å²) >= 11 is 0. The summed E-state index contributed by atoms with van der Waals surface area (Å²) in [6.45, 7) is 4.49. The predicted molar refractivity (Wildman–Crippen MR) is 74.5 cm³/mol. The quantitative estimate of drug-likeness (QED) is 0.818. The second-order valence-electron chi connectivity index (χ2n) is 5.10. The summed E-state index contributed by atoms with van der Waals surface area (Å²) < 4.78 is 10.9. The van der Waals surface area contributed by atoms with Crippen LogP contribution in [0.4, 0.5) is 0 Å². The van der Waals surface area contributed by atoms with Gasteiger partial charge in [-0.1, -0.05) is 17.7 Å². The summed E-state index contributed by atoms with van der Waals surface area (Å²) in [4.78, 5) is 0. The molecule has 19 heavy (non-hydrogen) atoms. The van der Waals surface area contributed by atoms with Crippen molar-refractivity contribution in [1.29, 1.82) is 0 Å². The van der Waals surface area contributed by atoms with Crippen LogP contribution in [0.15, 0.2) is 24.3 Å². The van der Waals surface area contributed by atoms with E-state index in [1.165, 1.54) is 5.56 Å². The summed E-state index contributed by atoms with van der Waals surface area (Å²) in [5.41, 5.74) is 1.20. The molecule has 0 radical (unpaired) electrons. The zero-order valence-corrected chi connectivity index (χ0v) is 11.5. The Balaban J connectivity index is 1.63. The van der Waals surface area contributed by atoms with E-state index in [1.54, 1.807) is 0 Å². The van der Waals surface area contributed by atoms with Crippen LogP contribution in [0, 0.1) is 6.92 Å². The molecule has 0 saturated carbocycles. The Morgan fingerprint density at radius 2 is 2.21 bits per heavy atom. The Kier molecular flexibility index (Phi) is 5.63. The van der Waals surface area contributed by atoms with Gasteiger partial charge in [-0.25, -0.2) is 0 Å². The standard InChI is InChI=1S/C15H23NO3/c1-12-4-6-15(7-5-12)19-11-14(17)9-16-13-3-2-8-18-10-13/h4-7,13-14,16-17H,2-3,8-11H2,1H3. The first-order valence-electron chi connectivity index (χ1n) is 6.92. The number of hydrogen-bond acceptors (Lipinski definition) is 4. The first-order valence-corrected chi connectivity index (χ1v) is 6.92. The Morgan fingerprint density at radius 1 is 1.42 bits per heavy atom. The van der Waals surface area contributed by atoms with Crippen molar-refractivity contribution in [3.05, 3.63) is 29.8 Å². The van der Waals surface area contributed by atoms with Gasteiger partial charge in [0.1, 0.15) is 18.5 Å². The number of benzene rings is 1. The molecule has 4 heteroatoms. The Bertz CT molecular complexity index is 360. The maximum absolute atomic E-state index is 9.87. The topological polar surface area (TPSA) is 50.7 Å². The maximum Gasteiger partial charge on any atom is 0.119 e. The van der Waals surface area contributed by atoms with Crippen LogP contribution >= 0.6 is 0 Å². The lowest BCUT2D eigenvalue weighted by atomic mass is 10.1. The third-order valence-corrected chi connectivity index (χ3v) is 3.27. The average molecular weight is 265 g/mol. The van der Waals surface area contributed by atoms with Crippen LogP contribution in [0.25, 0.3) is 0 Å². The van der Waals surface area contributed by atoms with E-state index >= 15 is 0 Å². The Labute approximate surface area is 114 Å². The number of aliphatic hydroxyl groups is 1. The predicted octanol–water partition coefficient (Wildman–Crippen LogP) is 1.50. The molecule has 2 rings (SSSR count). The molecule has 1 heterocycles. The van der Waals surface area contributed by atoms with Crippen LogP contribution in [-0.4, -0.2) is 43.6 Å². The molecule has 4 nitrogen and oxygen atoms in total. The van der Waals surface area contributed by atoms with Crippen molar-refractivity contribution < 1.29 is 14.6 Å². The minimum Gasteiger partial charge on any atom is -0.491 e. The first-order chi connectivity index (χ1) is 9.24. The minimum absolute atomic E-state index is 0.309. The molecule has 1 aromatic carbocycles. The molecule has 1 fully saturated rings. The highest BCUT2D eigenvalue weighted by molar-refractivity contribution is 5.26. The molecule has 0 spiro atoms. The van der Waals surface area contributed by atoms with Crippen LogP contribution in [-0.2, 0) is 4.74 Å². The van der Waals surface area contributed by atoms with Gasteiger partial charge in [-0.05, 0) is 31.9 Å². The summed E-state index contributed by atoms with van der Waals surface area (Å²) in [6, 6.07) is 8.20. The van der Waals surface area contributed by atoms with Crippen molar-refractivity contribution in [3.8, 4) is 5.75 Å². The zero-order chi connectivity index (χ0) is 13.5. The molecule has 106 valence electrons. The van der Waals surface area contributed by atoms with E-state index in [4.69, 9.17) is 9.47 Å². The first kappa shape index (κ1) is 14.3. The van der Waals surface area contributed by atoms with Crippen LogP contribution in [0.1, 0.15) is 18.4 Å². The molecule has 0 bridgehead atoms. The Morgan fingerprint density at radius 3 is 2.89 bits per heavy atom. The van der Waals surface area contributed by atoms with Gasteiger partial charge in [0.05, 0.1) is 6.61 Å².